The van der Waals surface area contributed by atoms with Crippen LogP contribution < -0.4 is 0 Å². The second-order valence-electron chi connectivity index (χ2n) is 4.11. The molecule has 0 fully saturated rings. The lowest BCUT2D eigenvalue weighted by Crippen LogP contribution is -2.23. The Kier molecular flexibility index (Phi) is 15.6. The largest absolute Gasteiger partial charge is 0.394 e. The molecule has 0 heterocycles. The highest BCUT2D eigenvalue weighted by molar-refractivity contribution is 4.51. The van der Waals surface area contributed by atoms with Gasteiger partial charge in [0.2, 0.25) is 0 Å². The van der Waals surface area contributed by atoms with E-state index in [0.717, 1.165) is 19.4 Å². The number of hydrogen-bond donors (Lipinski definition) is 2. The summed E-state index contributed by atoms with van der Waals surface area (Å²) in [4.78, 5) is 0. The highest BCUT2D eigenvalue weighted by Crippen LogP contribution is 1.90. The van der Waals surface area contributed by atoms with Gasteiger partial charge < -0.3 is 29.2 Å². The lowest BCUT2D eigenvalue weighted by Gasteiger charge is -2.11. The molecule has 0 aromatic heterocycles. The van der Waals surface area contributed by atoms with E-state index >= 15 is 0 Å². The van der Waals surface area contributed by atoms with Gasteiger partial charge in [0.25, 0.3) is 0 Å². The van der Waals surface area contributed by atoms with Gasteiger partial charge in [-0.15, -0.1) is 0 Å². The maximum atomic E-state index is 9.41. The zero-order valence-corrected chi connectivity index (χ0v) is 11.9. The van der Waals surface area contributed by atoms with Crippen molar-refractivity contribution < 1.29 is 29.2 Å². The first kappa shape index (κ1) is 18.8. The molecule has 19 heavy (non-hydrogen) atoms. The molecular weight excluding hydrogens is 252 g/mol. The molecule has 0 rings (SSSR count). The van der Waals surface area contributed by atoms with Gasteiger partial charge in [-0.1, -0.05) is 13.3 Å². The highest BCUT2D eigenvalue weighted by atomic mass is 16.5. The van der Waals surface area contributed by atoms with Crippen LogP contribution in [0.5, 0.6) is 0 Å². The van der Waals surface area contributed by atoms with Gasteiger partial charge in [0.1, 0.15) is 6.10 Å². The summed E-state index contributed by atoms with van der Waals surface area (Å²) in [5.74, 6) is 0. The molecule has 0 aromatic rings. The van der Waals surface area contributed by atoms with E-state index in [4.69, 9.17) is 24.1 Å². The molecule has 1 unspecified atom stereocenters. The first-order valence-corrected chi connectivity index (χ1v) is 6.91. The number of aliphatic hydroxyl groups excluding tert-OH is 2. The molecule has 0 saturated carbocycles. The summed E-state index contributed by atoms with van der Waals surface area (Å²) in [5, 5.41) is 17.9. The number of aliphatic hydroxyl groups is 2. The minimum Gasteiger partial charge on any atom is -0.394 e. The standard InChI is InChI=1S/C13H28O6/c1-2-3-5-16-7-8-17-9-10-19-12-13(15)11-18-6-4-14/h13-15H,2-12H2,1H3. The average Bonchev–Trinajstić information content (AvgIpc) is 2.41. The van der Waals surface area contributed by atoms with E-state index in [2.05, 4.69) is 6.92 Å². The highest BCUT2D eigenvalue weighted by Gasteiger charge is 2.03. The third kappa shape index (κ3) is 15.7. The Bertz CT molecular complexity index is 167. The van der Waals surface area contributed by atoms with Gasteiger partial charge in [0, 0.05) is 6.61 Å². The van der Waals surface area contributed by atoms with Gasteiger partial charge in [0.05, 0.1) is 52.9 Å². The molecule has 0 aliphatic carbocycles. The van der Waals surface area contributed by atoms with Crippen LogP contribution in [-0.4, -0.2) is 75.8 Å². The van der Waals surface area contributed by atoms with Crippen LogP contribution in [0.2, 0.25) is 0 Å². The Balaban J connectivity index is 3.05. The van der Waals surface area contributed by atoms with E-state index in [1.165, 1.54) is 0 Å². The first-order chi connectivity index (χ1) is 9.31. The van der Waals surface area contributed by atoms with Gasteiger partial charge in [-0.3, -0.25) is 0 Å². The van der Waals surface area contributed by atoms with Crippen molar-refractivity contribution in [3.63, 3.8) is 0 Å². The predicted molar refractivity (Wildman–Crippen MR) is 71.3 cm³/mol. The molecule has 0 spiro atoms. The lowest BCUT2D eigenvalue weighted by atomic mass is 10.4. The first-order valence-electron chi connectivity index (χ1n) is 6.91. The zero-order valence-electron chi connectivity index (χ0n) is 11.9. The lowest BCUT2D eigenvalue weighted by molar-refractivity contribution is -0.0402. The summed E-state index contributed by atoms with van der Waals surface area (Å²) >= 11 is 0. The molecule has 0 amide bonds. The van der Waals surface area contributed by atoms with Crippen molar-refractivity contribution in [2.24, 2.45) is 0 Å². The van der Waals surface area contributed by atoms with Crippen LogP contribution in [0.15, 0.2) is 0 Å². The molecule has 1 atom stereocenters. The molecule has 6 nitrogen and oxygen atoms in total. The smallest absolute Gasteiger partial charge is 0.101 e. The van der Waals surface area contributed by atoms with E-state index < -0.39 is 6.10 Å². The predicted octanol–water partition coefficient (Wildman–Crippen LogP) is 0.206. The Labute approximate surface area is 115 Å². The van der Waals surface area contributed by atoms with Crippen LogP contribution >= 0.6 is 0 Å². The Morgan fingerprint density at radius 1 is 0.789 bits per heavy atom. The van der Waals surface area contributed by atoms with Crippen molar-refractivity contribution in [1.29, 1.82) is 0 Å². The summed E-state index contributed by atoms with van der Waals surface area (Å²) in [6.45, 7) is 5.59. The van der Waals surface area contributed by atoms with E-state index in [1.807, 2.05) is 0 Å². The van der Waals surface area contributed by atoms with Crippen molar-refractivity contribution in [3.8, 4) is 0 Å². The van der Waals surface area contributed by atoms with E-state index in [9.17, 15) is 5.11 Å². The topological polar surface area (TPSA) is 77.4 Å². The van der Waals surface area contributed by atoms with Gasteiger partial charge in [-0.25, -0.2) is 0 Å². The summed E-state index contributed by atoms with van der Waals surface area (Å²) in [6.07, 6.45) is 1.56. The van der Waals surface area contributed by atoms with Crippen LogP contribution in [0.25, 0.3) is 0 Å². The Hall–Kier alpha value is -0.240. The van der Waals surface area contributed by atoms with E-state index in [1.54, 1.807) is 0 Å². The zero-order chi connectivity index (χ0) is 14.2. The maximum Gasteiger partial charge on any atom is 0.101 e. The molecule has 2 N–H and O–H groups in total. The minimum absolute atomic E-state index is 0.0399. The fourth-order valence-electron chi connectivity index (χ4n) is 1.24. The van der Waals surface area contributed by atoms with Gasteiger partial charge in [0.15, 0.2) is 0 Å². The molecular formula is C13H28O6. The molecule has 6 heteroatoms. The van der Waals surface area contributed by atoms with Crippen LogP contribution in [0.3, 0.4) is 0 Å². The van der Waals surface area contributed by atoms with Crippen molar-refractivity contribution in [2.45, 2.75) is 25.9 Å². The van der Waals surface area contributed by atoms with Crippen LogP contribution in [0.4, 0.5) is 0 Å². The molecule has 0 radical (unpaired) electrons. The van der Waals surface area contributed by atoms with Crippen molar-refractivity contribution in [2.75, 3.05) is 59.5 Å². The van der Waals surface area contributed by atoms with Gasteiger partial charge in [-0.2, -0.15) is 0 Å². The van der Waals surface area contributed by atoms with Gasteiger partial charge in [-0.05, 0) is 6.42 Å². The Morgan fingerprint density at radius 3 is 1.89 bits per heavy atom. The minimum atomic E-state index is -0.663. The maximum absolute atomic E-state index is 9.41. The summed E-state index contributed by atoms with van der Waals surface area (Å²) in [7, 11) is 0. The Morgan fingerprint density at radius 2 is 1.32 bits per heavy atom. The average molecular weight is 280 g/mol. The SMILES string of the molecule is CCCCOCCOCCOCC(O)COCCO. The molecule has 0 aliphatic heterocycles. The number of rotatable bonds is 15. The van der Waals surface area contributed by atoms with E-state index in [0.29, 0.717) is 26.4 Å². The molecule has 0 aliphatic rings. The second-order valence-corrected chi connectivity index (χ2v) is 4.11. The summed E-state index contributed by atoms with van der Waals surface area (Å²) in [6, 6.07) is 0. The molecule has 0 aromatic carbocycles. The van der Waals surface area contributed by atoms with Crippen LogP contribution in [-0.2, 0) is 18.9 Å². The second kappa shape index (κ2) is 15.8. The third-order valence-corrected chi connectivity index (χ3v) is 2.24. The fraction of sp³-hybridized carbons (Fsp3) is 1.00. The molecule has 0 bridgehead atoms. The molecule has 0 saturated heterocycles. The van der Waals surface area contributed by atoms with Crippen molar-refractivity contribution >= 4 is 0 Å². The summed E-state index contributed by atoms with van der Waals surface area (Å²) in [5.41, 5.74) is 0. The van der Waals surface area contributed by atoms with Crippen LogP contribution in [0.1, 0.15) is 19.8 Å². The van der Waals surface area contributed by atoms with E-state index in [-0.39, 0.29) is 26.4 Å². The number of hydrogen-bond acceptors (Lipinski definition) is 6. The van der Waals surface area contributed by atoms with Crippen LogP contribution in [0, 0.1) is 0 Å². The van der Waals surface area contributed by atoms with Crippen molar-refractivity contribution in [3.05, 3.63) is 0 Å². The summed E-state index contributed by atoms with van der Waals surface area (Å²) < 4.78 is 20.8. The fourth-order valence-corrected chi connectivity index (χ4v) is 1.24. The van der Waals surface area contributed by atoms with Gasteiger partial charge >= 0.3 is 0 Å². The number of ether oxygens (including phenoxy) is 4. The molecule has 116 valence electrons. The van der Waals surface area contributed by atoms with Crippen molar-refractivity contribution in [1.82, 2.24) is 0 Å². The normalized spacial score (nSPS) is 12.8. The number of unbranched alkanes of at least 4 members (excludes halogenated alkanes) is 1. The third-order valence-electron chi connectivity index (χ3n) is 2.24. The monoisotopic (exact) mass is 280 g/mol. The quantitative estimate of drug-likeness (QED) is 0.417.